The number of nitrogens with one attached hydrogen (secondary N) is 2. The molecule has 0 radical (unpaired) electrons. The van der Waals surface area contributed by atoms with Crippen molar-refractivity contribution in [3.8, 4) is 5.75 Å². The standard InChI is InChI=1S/C17H21BrN4O/c1-12(14-6-4-5-7-16(14)23)10-17(20-9-8-19-3)22-13(2)15(18)11-21-22/h4-7,10-11,19-20,23H,1,8-9H2,2-3H3/b17-10-. The third-order valence-corrected chi connectivity index (χ3v) is 4.20. The Hall–Kier alpha value is -2.05. The zero-order valence-corrected chi connectivity index (χ0v) is 14.9. The van der Waals surface area contributed by atoms with Crippen molar-refractivity contribution in [1.82, 2.24) is 20.4 Å². The minimum atomic E-state index is 0.210. The number of nitrogens with zero attached hydrogens (tertiary/aromatic N) is 2. The molecule has 1 aromatic heterocycles. The third kappa shape index (κ3) is 4.24. The molecule has 0 aliphatic heterocycles. The lowest BCUT2D eigenvalue weighted by molar-refractivity contribution is 0.474. The molecule has 0 amide bonds. The minimum Gasteiger partial charge on any atom is -0.507 e. The zero-order chi connectivity index (χ0) is 16.8. The molecule has 0 bridgehead atoms. The molecule has 122 valence electrons. The molecule has 1 aromatic carbocycles. The van der Waals surface area contributed by atoms with Gasteiger partial charge in [-0.05, 0) is 47.6 Å². The number of rotatable bonds is 7. The minimum absolute atomic E-state index is 0.210. The van der Waals surface area contributed by atoms with E-state index in [1.807, 2.05) is 36.9 Å². The first kappa shape index (κ1) is 17.3. The van der Waals surface area contributed by atoms with Crippen molar-refractivity contribution >= 4 is 27.3 Å². The van der Waals surface area contributed by atoms with E-state index >= 15 is 0 Å². The smallest absolute Gasteiger partial charge is 0.128 e. The Morgan fingerprint density at radius 1 is 1.39 bits per heavy atom. The summed E-state index contributed by atoms with van der Waals surface area (Å²) in [5.74, 6) is 1.01. The second-order valence-electron chi connectivity index (χ2n) is 5.09. The SMILES string of the molecule is C=C(/C=C(/NCCNC)n1ncc(Br)c1C)c1ccccc1O. The quantitative estimate of drug-likeness (QED) is 0.513. The molecule has 0 spiro atoms. The predicted octanol–water partition coefficient (Wildman–Crippen LogP) is 2.98. The Bertz CT molecular complexity index is 721. The van der Waals surface area contributed by atoms with E-state index in [2.05, 4.69) is 38.2 Å². The summed E-state index contributed by atoms with van der Waals surface area (Å²) in [5.41, 5.74) is 2.39. The molecule has 2 rings (SSSR count). The highest BCUT2D eigenvalue weighted by molar-refractivity contribution is 9.10. The fraction of sp³-hybridized carbons (Fsp3) is 0.235. The van der Waals surface area contributed by atoms with Crippen molar-refractivity contribution in [2.24, 2.45) is 0 Å². The van der Waals surface area contributed by atoms with E-state index in [0.717, 1.165) is 29.1 Å². The van der Waals surface area contributed by atoms with Gasteiger partial charge in [-0.1, -0.05) is 24.8 Å². The van der Waals surface area contributed by atoms with Crippen molar-refractivity contribution in [2.75, 3.05) is 20.1 Å². The molecular weight excluding hydrogens is 356 g/mol. The molecule has 1 heterocycles. The summed E-state index contributed by atoms with van der Waals surface area (Å²) in [4.78, 5) is 0. The van der Waals surface area contributed by atoms with E-state index in [1.54, 1.807) is 18.3 Å². The highest BCUT2D eigenvalue weighted by Gasteiger charge is 2.10. The first-order chi connectivity index (χ1) is 11.0. The van der Waals surface area contributed by atoms with E-state index in [4.69, 9.17) is 0 Å². The van der Waals surface area contributed by atoms with Crippen LogP contribution in [0, 0.1) is 6.92 Å². The van der Waals surface area contributed by atoms with Gasteiger partial charge in [0.25, 0.3) is 0 Å². The topological polar surface area (TPSA) is 62.1 Å². The summed E-state index contributed by atoms with van der Waals surface area (Å²) < 4.78 is 2.75. The van der Waals surface area contributed by atoms with E-state index in [0.29, 0.717) is 11.1 Å². The molecule has 0 unspecified atom stereocenters. The molecule has 6 heteroatoms. The van der Waals surface area contributed by atoms with Crippen LogP contribution in [-0.4, -0.2) is 35.0 Å². The maximum absolute atomic E-state index is 9.99. The summed E-state index contributed by atoms with van der Waals surface area (Å²) in [5, 5.41) is 20.8. The van der Waals surface area contributed by atoms with Gasteiger partial charge in [0.05, 0.1) is 16.4 Å². The van der Waals surface area contributed by atoms with Gasteiger partial charge in [-0.25, -0.2) is 4.68 Å². The van der Waals surface area contributed by atoms with E-state index in [1.165, 1.54) is 0 Å². The Balaban J connectivity index is 2.34. The zero-order valence-electron chi connectivity index (χ0n) is 13.3. The number of hydrogen-bond acceptors (Lipinski definition) is 4. The Morgan fingerprint density at radius 3 is 2.74 bits per heavy atom. The van der Waals surface area contributed by atoms with E-state index in [-0.39, 0.29) is 5.75 Å². The average molecular weight is 377 g/mol. The number of halogens is 1. The van der Waals surface area contributed by atoms with Gasteiger partial charge >= 0.3 is 0 Å². The number of hydrogen-bond donors (Lipinski definition) is 3. The lowest BCUT2D eigenvalue weighted by Crippen LogP contribution is -2.27. The summed E-state index contributed by atoms with van der Waals surface area (Å²) in [7, 11) is 1.90. The molecule has 3 N–H and O–H groups in total. The van der Waals surface area contributed by atoms with Gasteiger partial charge in [0.2, 0.25) is 0 Å². The van der Waals surface area contributed by atoms with Crippen LogP contribution in [0.15, 0.2) is 47.6 Å². The van der Waals surface area contributed by atoms with Crippen molar-refractivity contribution in [3.63, 3.8) is 0 Å². The van der Waals surface area contributed by atoms with E-state index in [9.17, 15) is 5.11 Å². The summed E-state index contributed by atoms with van der Waals surface area (Å²) >= 11 is 3.48. The van der Waals surface area contributed by atoms with Crippen LogP contribution in [0.2, 0.25) is 0 Å². The van der Waals surface area contributed by atoms with Crippen LogP contribution in [-0.2, 0) is 0 Å². The van der Waals surface area contributed by atoms with Crippen LogP contribution in [0.25, 0.3) is 11.4 Å². The van der Waals surface area contributed by atoms with Crippen molar-refractivity contribution in [1.29, 1.82) is 0 Å². The number of aromatic nitrogens is 2. The van der Waals surface area contributed by atoms with Crippen LogP contribution in [0.1, 0.15) is 11.3 Å². The molecule has 23 heavy (non-hydrogen) atoms. The van der Waals surface area contributed by atoms with Crippen LogP contribution in [0.4, 0.5) is 0 Å². The average Bonchev–Trinajstić information content (AvgIpc) is 2.86. The van der Waals surface area contributed by atoms with Gasteiger partial charge in [-0.2, -0.15) is 5.10 Å². The monoisotopic (exact) mass is 376 g/mol. The number of phenols is 1. The molecule has 0 saturated carbocycles. The Kier molecular flexibility index (Phi) is 6.01. The highest BCUT2D eigenvalue weighted by Crippen LogP contribution is 2.26. The van der Waals surface area contributed by atoms with Gasteiger partial charge in [-0.3, -0.25) is 0 Å². The van der Waals surface area contributed by atoms with Crippen molar-refractivity contribution in [3.05, 3.63) is 58.8 Å². The number of benzene rings is 1. The summed E-state index contributed by atoms with van der Waals surface area (Å²) in [6.07, 6.45) is 3.64. The number of allylic oxidation sites excluding steroid dienone is 2. The summed E-state index contributed by atoms with van der Waals surface area (Å²) in [6, 6.07) is 7.15. The normalized spacial score (nSPS) is 11.5. The van der Waals surface area contributed by atoms with Gasteiger partial charge in [0.1, 0.15) is 11.6 Å². The first-order valence-corrected chi connectivity index (χ1v) is 8.12. The van der Waals surface area contributed by atoms with Gasteiger partial charge in [0, 0.05) is 18.7 Å². The lowest BCUT2D eigenvalue weighted by atomic mass is 10.1. The second kappa shape index (κ2) is 7.99. The summed E-state index contributed by atoms with van der Waals surface area (Å²) in [6.45, 7) is 7.62. The number of phenolic OH excluding ortho intramolecular Hbond substituents is 1. The van der Waals surface area contributed by atoms with Gasteiger partial charge in [0.15, 0.2) is 0 Å². The molecule has 2 aromatic rings. The second-order valence-corrected chi connectivity index (χ2v) is 5.95. The number of likely N-dealkylation sites (N-methyl/N-ethyl adjacent to an activating group) is 1. The van der Waals surface area contributed by atoms with E-state index < -0.39 is 0 Å². The molecule has 5 nitrogen and oxygen atoms in total. The fourth-order valence-electron chi connectivity index (χ4n) is 2.12. The molecule has 0 fully saturated rings. The van der Waals surface area contributed by atoms with Crippen LogP contribution >= 0.6 is 15.9 Å². The predicted molar refractivity (Wildman–Crippen MR) is 98.0 cm³/mol. The lowest BCUT2D eigenvalue weighted by Gasteiger charge is -2.14. The maximum atomic E-state index is 9.99. The fourth-order valence-corrected chi connectivity index (χ4v) is 2.38. The molecule has 0 saturated heterocycles. The number of para-hydroxylation sites is 1. The molecular formula is C17H21BrN4O. The molecule has 0 atom stereocenters. The maximum Gasteiger partial charge on any atom is 0.128 e. The molecule has 0 aliphatic rings. The highest BCUT2D eigenvalue weighted by atomic mass is 79.9. The number of aromatic hydroxyl groups is 1. The van der Waals surface area contributed by atoms with Crippen molar-refractivity contribution in [2.45, 2.75) is 6.92 Å². The van der Waals surface area contributed by atoms with Gasteiger partial charge in [-0.15, -0.1) is 0 Å². The molecule has 0 aliphatic carbocycles. The largest absolute Gasteiger partial charge is 0.507 e. The first-order valence-electron chi connectivity index (χ1n) is 7.32. The third-order valence-electron chi connectivity index (χ3n) is 3.42. The van der Waals surface area contributed by atoms with Crippen LogP contribution < -0.4 is 10.6 Å². The van der Waals surface area contributed by atoms with Crippen molar-refractivity contribution < 1.29 is 5.11 Å². The van der Waals surface area contributed by atoms with Crippen LogP contribution in [0.3, 0.4) is 0 Å². The Labute approximate surface area is 144 Å². The van der Waals surface area contributed by atoms with Crippen LogP contribution in [0.5, 0.6) is 5.75 Å². The van der Waals surface area contributed by atoms with Gasteiger partial charge < -0.3 is 15.7 Å². The Morgan fingerprint density at radius 2 is 2.13 bits per heavy atom.